The number of ether oxygens (including phenoxy) is 1. The fraction of sp³-hybridized carbons (Fsp3) is 0.0370. The number of rotatable bonds is 7. The normalized spacial score (nSPS) is 11.0. The Kier molecular flexibility index (Phi) is 6.79. The number of hydrogen-bond donors (Lipinski definition) is 1. The second-order valence-electron chi connectivity index (χ2n) is 7.55. The van der Waals surface area contributed by atoms with Gasteiger partial charge in [-0.2, -0.15) is 5.26 Å². The molecule has 0 aromatic heterocycles. The molecule has 0 saturated carbocycles. The molecule has 1 amide bonds. The Balaban J connectivity index is 1.68. The molecule has 0 aliphatic rings. The number of nitro benzene ring substituents is 1. The van der Waals surface area contributed by atoms with E-state index in [0.717, 1.165) is 16.3 Å². The van der Waals surface area contributed by atoms with Crippen LogP contribution >= 0.6 is 0 Å². The quantitative estimate of drug-likeness (QED) is 0.155. The maximum Gasteiger partial charge on any atom is 0.271 e. The van der Waals surface area contributed by atoms with Gasteiger partial charge in [0.15, 0.2) is 0 Å². The van der Waals surface area contributed by atoms with E-state index < -0.39 is 10.8 Å². The van der Waals surface area contributed by atoms with E-state index in [-0.39, 0.29) is 29.4 Å². The lowest BCUT2D eigenvalue weighted by molar-refractivity contribution is -0.384. The van der Waals surface area contributed by atoms with Gasteiger partial charge >= 0.3 is 0 Å². The van der Waals surface area contributed by atoms with Crippen LogP contribution < -0.4 is 10.1 Å². The first-order chi connectivity index (χ1) is 16.9. The van der Waals surface area contributed by atoms with Crippen molar-refractivity contribution in [3.8, 4) is 11.8 Å². The molecule has 1 N–H and O–H groups in total. The van der Waals surface area contributed by atoms with Crippen LogP contribution in [0.5, 0.6) is 5.75 Å². The minimum Gasteiger partial charge on any atom is -0.488 e. The minimum absolute atomic E-state index is 0.154. The van der Waals surface area contributed by atoms with E-state index in [2.05, 4.69) is 5.32 Å². The van der Waals surface area contributed by atoms with E-state index >= 15 is 0 Å². The first-order valence-electron chi connectivity index (χ1n) is 10.5. The number of non-ortho nitro benzene ring substituents is 1. The van der Waals surface area contributed by atoms with Gasteiger partial charge in [-0.1, -0.05) is 48.5 Å². The van der Waals surface area contributed by atoms with Crippen LogP contribution in [-0.2, 0) is 11.4 Å². The molecule has 0 unspecified atom stereocenters. The van der Waals surface area contributed by atoms with E-state index in [1.807, 2.05) is 36.4 Å². The average molecular weight is 467 g/mol. The fourth-order valence-electron chi connectivity index (χ4n) is 3.48. The minimum atomic E-state index is -0.717. The van der Waals surface area contributed by atoms with Crippen LogP contribution in [0.15, 0.2) is 90.5 Å². The van der Waals surface area contributed by atoms with Gasteiger partial charge in [-0.3, -0.25) is 14.9 Å². The standard InChI is InChI=1S/C27H18FN3O4/c28-21-11-8-18(9-12-21)17-35-26-13-10-19-4-1-2-7-24(19)25(26)14-20(16-29)27(32)30-22-5-3-6-23(15-22)31(33)34/h1-15H,17H2,(H,30,32)/b20-14+. The van der Waals surface area contributed by atoms with Gasteiger partial charge in [0.05, 0.1) is 4.92 Å². The predicted octanol–water partition coefficient (Wildman–Crippen LogP) is 6.01. The van der Waals surface area contributed by atoms with Crippen molar-refractivity contribution >= 4 is 34.1 Å². The Hall–Kier alpha value is -5.03. The predicted molar refractivity (Wildman–Crippen MR) is 130 cm³/mol. The van der Waals surface area contributed by atoms with Crippen molar-refractivity contribution in [2.45, 2.75) is 6.61 Å². The largest absolute Gasteiger partial charge is 0.488 e. The molecule has 0 saturated heterocycles. The molecular weight excluding hydrogens is 449 g/mol. The van der Waals surface area contributed by atoms with Crippen LogP contribution in [0.25, 0.3) is 16.8 Å². The Morgan fingerprint density at radius 3 is 2.57 bits per heavy atom. The number of nitrogens with zero attached hydrogens (tertiary/aromatic N) is 2. The number of carbonyl (C=O) groups excluding carboxylic acids is 1. The summed E-state index contributed by atoms with van der Waals surface area (Å²) in [4.78, 5) is 23.3. The van der Waals surface area contributed by atoms with Gasteiger partial charge in [0.2, 0.25) is 0 Å². The Bertz CT molecular complexity index is 1490. The average Bonchev–Trinajstić information content (AvgIpc) is 2.87. The summed E-state index contributed by atoms with van der Waals surface area (Å²) in [5.74, 6) is -0.633. The molecule has 7 nitrogen and oxygen atoms in total. The third-order valence-electron chi connectivity index (χ3n) is 5.21. The van der Waals surface area contributed by atoms with Gasteiger partial charge in [-0.05, 0) is 46.7 Å². The van der Waals surface area contributed by atoms with Crippen molar-refractivity contribution in [1.29, 1.82) is 5.26 Å². The van der Waals surface area contributed by atoms with Crippen molar-refractivity contribution in [3.05, 3.63) is 118 Å². The van der Waals surface area contributed by atoms with Crippen LogP contribution in [0.1, 0.15) is 11.1 Å². The number of nitro groups is 1. The SMILES string of the molecule is N#C/C(=C\c1c(OCc2ccc(F)cc2)ccc2ccccc12)C(=O)Nc1cccc([N+](=O)[O-])c1. The summed E-state index contributed by atoms with van der Waals surface area (Å²) in [6.07, 6.45) is 1.43. The van der Waals surface area contributed by atoms with Crippen LogP contribution in [-0.4, -0.2) is 10.8 Å². The molecule has 0 bridgehead atoms. The number of amides is 1. The number of halogens is 1. The maximum atomic E-state index is 13.2. The fourth-order valence-corrected chi connectivity index (χ4v) is 3.48. The molecule has 0 aliphatic carbocycles. The number of benzene rings is 4. The molecule has 4 aromatic carbocycles. The molecule has 0 heterocycles. The second kappa shape index (κ2) is 10.3. The third-order valence-corrected chi connectivity index (χ3v) is 5.21. The summed E-state index contributed by atoms with van der Waals surface area (Å²) in [6, 6.07) is 24.3. The third kappa shape index (κ3) is 5.49. The topological polar surface area (TPSA) is 105 Å². The van der Waals surface area contributed by atoms with E-state index in [9.17, 15) is 24.6 Å². The molecule has 0 spiro atoms. The Morgan fingerprint density at radius 2 is 1.83 bits per heavy atom. The van der Waals surface area contributed by atoms with Crippen molar-refractivity contribution in [3.63, 3.8) is 0 Å². The summed E-state index contributed by atoms with van der Waals surface area (Å²) in [7, 11) is 0. The number of fused-ring (bicyclic) bond motifs is 1. The summed E-state index contributed by atoms with van der Waals surface area (Å²) in [5, 5.41) is 24.9. The van der Waals surface area contributed by atoms with Crippen molar-refractivity contribution < 1.29 is 18.8 Å². The molecule has 4 aromatic rings. The van der Waals surface area contributed by atoms with E-state index in [4.69, 9.17) is 4.74 Å². The lowest BCUT2D eigenvalue weighted by Gasteiger charge is -2.13. The number of nitriles is 1. The molecule has 0 radical (unpaired) electrons. The highest BCUT2D eigenvalue weighted by atomic mass is 19.1. The number of carbonyl (C=O) groups is 1. The summed E-state index contributed by atoms with van der Waals surface area (Å²) in [6.45, 7) is 0.154. The molecule has 35 heavy (non-hydrogen) atoms. The van der Waals surface area contributed by atoms with Gasteiger partial charge in [0, 0.05) is 23.4 Å². The summed E-state index contributed by atoms with van der Waals surface area (Å²) in [5.41, 5.74) is 1.07. The number of nitrogens with one attached hydrogen (secondary N) is 1. The number of hydrogen-bond acceptors (Lipinski definition) is 5. The zero-order valence-electron chi connectivity index (χ0n) is 18.3. The second-order valence-corrected chi connectivity index (χ2v) is 7.55. The van der Waals surface area contributed by atoms with Crippen LogP contribution in [0.2, 0.25) is 0 Å². The first kappa shape index (κ1) is 23.1. The first-order valence-corrected chi connectivity index (χ1v) is 10.5. The lowest BCUT2D eigenvalue weighted by atomic mass is 10.0. The molecule has 0 aliphatic heterocycles. The van der Waals surface area contributed by atoms with Gasteiger partial charge in [-0.15, -0.1) is 0 Å². The van der Waals surface area contributed by atoms with Crippen LogP contribution in [0.4, 0.5) is 15.8 Å². The van der Waals surface area contributed by atoms with E-state index in [0.29, 0.717) is 11.3 Å². The molecule has 8 heteroatoms. The Labute approximate surface area is 199 Å². The summed E-state index contributed by atoms with van der Waals surface area (Å²) >= 11 is 0. The molecule has 172 valence electrons. The van der Waals surface area contributed by atoms with Gasteiger partial charge < -0.3 is 10.1 Å². The van der Waals surface area contributed by atoms with E-state index in [1.54, 1.807) is 18.2 Å². The zero-order chi connectivity index (χ0) is 24.8. The number of anilines is 1. The smallest absolute Gasteiger partial charge is 0.271 e. The monoisotopic (exact) mass is 467 g/mol. The molecule has 0 atom stereocenters. The zero-order valence-corrected chi connectivity index (χ0v) is 18.3. The lowest BCUT2D eigenvalue weighted by Crippen LogP contribution is -2.13. The van der Waals surface area contributed by atoms with Crippen molar-refractivity contribution in [2.24, 2.45) is 0 Å². The Morgan fingerprint density at radius 1 is 1.06 bits per heavy atom. The molecule has 0 fully saturated rings. The highest BCUT2D eigenvalue weighted by Gasteiger charge is 2.15. The van der Waals surface area contributed by atoms with Crippen LogP contribution in [0.3, 0.4) is 0 Å². The molecular formula is C27H18FN3O4. The summed E-state index contributed by atoms with van der Waals surface area (Å²) < 4.78 is 19.2. The highest BCUT2D eigenvalue weighted by molar-refractivity contribution is 6.11. The van der Waals surface area contributed by atoms with E-state index in [1.165, 1.54) is 42.5 Å². The van der Waals surface area contributed by atoms with Crippen molar-refractivity contribution in [1.82, 2.24) is 0 Å². The van der Waals surface area contributed by atoms with Crippen molar-refractivity contribution in [2.75, 3.05) is 5.32 Å². The highest BCUT2D eigenvalue weighted by Crippen LogP contribution is 2.31. The van der Waals surface area contributed by atoms with Gasteiger partial charge in [0.1, 0.15) is 29.8 Å². The van der Waals surface area contributed by atoms with Crippen LogP contribution in [0, 0.1) is 27.3 Å². The van der Waals surface area contributed by atoms with Gasteiger partial charge in [0.25, 0.3) is 11.6 Å². The molecule has 4 rings (SSSR count). The van der Waals surface area contributed by atoms with Gasteiger partial charge in [-0.25, -0.2) is 4.39 Å². The maximum absolute atomic E-state index is 13.2.